The molecule has 0 aromatic heterocycles. The molecule has 0 aliphatic rings. The lowest BCUT2D eigenvalue weighted by atomic mass is 10.0. The molecule has 0 spiro atoms. The van der Waals surface area contributed by atoms with Crippen molar-refractivity contribution >= 4 is 0 Å². The second-order valence-electron chi connectivity index (χ2n) is 7.35. The Morgan fingerprint density at radius 3 is 1.32 bits per heavy atom. The van der Waals surface area contributed by atoms with E-state index in [4.69, 9.17) is 5.11 Å². The van der Waals surface area contributed by atoms with E-state index in [1.165, 1.54) is 90.0 Å². The summed E-state index contributed by atoms with van der Waals surface area (Å²) >= 11 is 0. The predicted octanol–water partition coefficient (Wildman–Crippen LogP) is 2.15. The van der Waals surface area contributed by atoms with E-state index in [1.807, 2.05) is 0 Å². The summed E-state index contributed by atoms with van der Waals surface area (Å²) in [6.45, 7) is 4.69. The van der Waals surface area contributed by atoms with E-state index >= 15 is 0 Å². The van der Waals surface area contributed by atoms with E-state index in [2.05, 4.69) is 21.0 Å². The van der Waals surface area contributed by atoms with Gasteiger partial charge in [0.25, 0.3) is 0 Å². The first kappa shape index (κ1) is 24.9. The zero-order chi connectivity index (χ0) is 15.8. The van der Waals surface area contributed by atoms with Gasteiger partial charge in [-0.05, 0) is 12.8 Å². The molecule has 0 aliphatic carbocycles. The van der Waals surface area contributed by atoms with Crippen molar-refractivity contribution in [2.24, 2.45) is 0 Å². The van der Waals surface area contributed by atoms with Crippen molar-refractivity contribution in [2.45, 2.75) is 90.4 Å². The third kappa shape index (κ3) is 18.7. The monoisotopic (exact) mass is 427 g/mol. The number of hydrogen-bond acceptors (Lipinski definition) is 1. The quantitative estimate of drug-likeness (QED) is 0.227. The van der Waals surface area contributed by atoms with Crippen LogP contribution in [0.2, 0.25) is 0 Å². The molecule has 0 aromatic rings. The van der Waals surface area contributed by atoms with Crippen LogP contribution >= 0.6 is 0 Å². The Balaban J connectivity index is 0. The molecule has 0 radical (unpaired) electrons. The zero-order valence-corrected chi connectivity index (χ0v) is 17.7. The van der Waals surface area contributed by atoms with Crippen LogP contribution in [0.25, 0.3) is 0 Å². The van der Waals surface area contributed by atoms with Gasteiger partial charge in [0.1, 0.15) is 6.54 Å². The molecular formula is C19H42INO. The maximum atomic E-state index is 8.99. The van der Waals surface area contributed by atoms with Crippen molar-refractivity contribution in [1.82, 2.24) is 0 Å². The minimum absolute atomic E-state index is 0. The van der Waals surface area contributed by atoms with Gasteiger partial charge in [-0.15, -0.1) is 0 Å². The van der Waals surface area contributed by atoms with Gasteiger partial charge in [0.15, 0.2) is 0 Å². The molecule has 0 saturated carbocycles. The lowest BCUT2D eigenvalue weighted by Gasteiger charge is -2.28. The van der Waals surface area contributed by atoms with Gasteiger partial charge < -0.3 is 33.6 Å². The second kappa shape index (κ2) is 18.0. The number of likely N-dealkylation sites (N-methyl/N-ethyl adjacent to an activating group) is 1. The maximum Gasteiger partial charge on any atom is 0.102 e. The number of quaternary nitrogens is 1. The van der Waals surface area contributed by atoms with E-state index < -0.39 is 0 Å². The Bertz CT molecular complexity index is 210. The molecule has 0 rings (SSSR count). The Hall–Kier alpha value is 0.650. The van der Waals surface area contributed by atoms with Gasteiger partial charge in [-0.2, -0.15) is 0 Å². The summed E-state index contributed by atoms with van der Waals surface area (Å²) < 4.78 is 0.967. The molecule has 0 amide bonds. The van der Waals surface area contributed by atoms with Crippen LogP contribution in [-0.4, -0.2) is 43.4 Å². The molecule has 0 aromatic carbocycles. The summed E-state index contributed by atoms with van der Waals surface area (Å²) in [5, 5.41) is 8.99. The van der Waals surface area contributed by atoms with Gasteiger partial charge in [0, 0.05) is 0 Å². The summed E-state index contributed by atoms with van der Waals surface area (Å²) in [5.74, 6) is 0. The molecule has 136 valence electrons. The standard InChI is InChI=1S/C19H42NO.HI/c1-4-5-6-7-8-9-10-11-12-13-14-15-16-17-20(2,3)18-19-21;/h21H,4-19H2,1-3H3;1H/q+1;/p-1. The predicted molar refractivity (Wildman–Crippen MR) is 94.6 cm³/mol. The minimum Gasteiger partial charge on any atom is -1.00 e. The number of aliphatic hydroxyl groups is 1. The molecule has 2 nitrogen and oxygen atoms in total. The molecule has 0 unspecified atom stereocenters. The summed E-state index contributed by atoms with van der Waals surface area (Å²) in [6, 6.07) is 0. The van der Waals surface area contributed by atoms with Crippen LogP contribution in [0, 0.1) is 0 Å². The topological polar surface area (TPSA) is 20.2 Å². The first-order valence-corrected chi connectivity index (χ1v) is 9.55. The molecule has 1 N–H and O–H groups in total. The fraction of sp³-hybridized carbons (Fsp3) is 1.00. The summed E-state index contributed by atoms with van der Waals surface area (Å²) in [6.07, 6.45) is 18.4. The molecule has 22 heavy (non-hydrogen) atoms. The number of nitrogens with zero attached hydrogens (tertiary/aromatic N) is 1. The molecular weight excluding hydrogens is 385 g/mol. The van der Waals surface area contributed by atoms with Crippen molar-refractivity contribution in [3.8, 4) is 0 Å². The lowest BCUT2D eigenvalue weighted by molar-refractivity contribution is -0.890. The van der Waals surface area contributed by atoms with E-state index in [0.717, 1.165) is 11.0 Å². The Kier molecular flexibility index (Phi) is 20.4. The fourth-order valence-corrected chi connectivity index (χ4v) is 2.94. The number of aliphatic hydroxyl groups excluding tert-OH is 1. The molecule has 0 atom stereocenters. The highest BCUT2D eigenvalue weighted by Crippen LogP contribution is 2.13. The van der Waals surface area contributed by atoms with Crippen LogP contribution in [-0.2, 0) is 0 Å². The van der Waals surface area contributed by atoms with Crippen LogP contribution in [0.5, 0.6) is 0 Å². The van der Waals surface area contributed by atoms with Crippen molar-refractivity contribution in [2.75, 3.05) is 33.8 Å². The van der Waals surface area contributed by atoms with Crippen LogP contribution in [0.1, 0.15) is 90.4 Å². The SMILES string of the molecule is CCCCCCCCCCCCCCC[N+](C)(C)CCO.[I-]. The fourth-order valence-electron chi connectivity index (χ4n) is 2.94. The smallest absolute Gasteiger partial charge is 0.102 e. The van der Waals surface area contributed by atoms with E-state index in [9.17, 15) is 0 Å². The Morgan fingerprint density at radius 2 is 0.955 bits per heavy atom. The number of rotatable bonds is 16. The summed E-state index contributed by atoms with van der Waals surface area (Å²) in [7, 11) is 4.44. The van der Waals surface area contributed by atoms with E-state index in [-0.39, 0.29) is 24.0 Å². The lowest BCUT2D eigenvalue weighted by Crippen LogP contribution is -3.00. The molecule has 0 fully saturated rings. The third-order valence-corrected chi connectivity index (χ3v) is 4.57. The molecule has 0 aliphatic heterocycles. The van der Waals surface area contributed by atoms with Crippen molar-refractivity contribution < 1.29 is 33.6 Å². The summed E-state index contributed by atoms with van der Waals surface area (Å²) in [4.78, 5) is 0. The number of halogens is 1. The molecule has 0 heterocycles. The third-order valence-electron chi connectivity index (χ3n) is 4.57. The molecule has 3 heteroatoms. The van der Waals surface area contributed by atoms with Gasteiger partial charge in [-0.3, -0.25) is 0 Å². The van der Waals surface area contributed by atoms with Gasteiger partial charge in [0.05, 0.1) is 27.2 Å². The maximum absolute atomic E-state index is 8.99. The largest absolute Gasteiger partial charge is 1.00 e. The first-order chi connectivity index (χ1) is 10.1. The molecule has 0 bridgehead atoms. The minimum atomic E-state index is 0. The molecule has 0 saturated heterocycles. The normalized spacial score (nSPS) is 11.5. The zero-order valence-electron chi connectivity index (χ0n) is 15.6. The van der Waals surface area contributed by atoms with Crippen molar-refractivity contribution in [3.05, 3.63) is 0 Å². The first-order valence-electron chi connectivity index (χ1n) is 9.55. The van der Waals surface area contributed by atoms with Crippen LogP contribution in [0.3, 0.4) is 0 Å². The number of hydrogen-bond donors (Lipinski definition) is 1. The van der Waals surface area contributed by atoms with E-state index in [0.29, 0.717) is 6.61 Å². The Labute approximate surface area is 157 Å². The van der Waals surface area contributed by atoms with E-state index in [1.54, 1.807) is 0 Å². The van der Waals surface area contributed by atoms with Crippen LogP contribution < -0.4 is 24.0 Å². The second-order valence-corrected chi connectivity index (χ2v) is 7.35. The van der Waals surface area contributed by atoms with Crippen LogP contribution in [0.4, 0.5) is 0 Å². The van der Waals surface area contributed by atoms with Crippen molar-refractivity contribution in [1.29, 1.82) is 0 Å². The van der Waals surface area contributed by atoms with Gasteiger partial charge >= 0.3 is 0 Å². The highest BCUT2D eigenvalue weighted by molar-refractivity contribution is 4.49. The van der Waals surface area contributed by atoms with Gasteiger partial charge in [0.2, 0.25) is 0 Å². The van der Waals surface area contributed by atoms with Crippen LogP contribution in [0.15, 0.2) is 0 Å². The van der Waals surface area contributed by atoms with Gasteiger partial charge in [-0.1, -0.05) is 77.6 Å². The van der Waals surface area contributed by atoms with Gasteiger partial charge in [-0.25, -0.2) is 0 Å². The van der Waals surface area contributed by atoms with Crippen molar-refractivity contribution in [3.63, 3.8) is 0 Å². The average Bonchev–Trinajstić information content (AvgIpc) is 2.44. The summed E-state index contributed by atoms with van der Waals surface area (Å²) in [5.41, 5.74) is 0. The number of unbranched alkanes of at least 4 members (excludes halogenated alkanes) is 12. The Morgan fingerprint density at radius 1 is 0.591 bits per heavy atom. The highest BCUT2D eigenvalue weighted by atomic mass is 127. The highest BCUT2D eigenvalue weighted by Gasteiger charge is 2.12. The average molecular weight is 427 g/mol.